The van der Waals surface area contributed by atoms with E-state index in [4.69, 9.17) is 0 Å². The maximum atomic E-state index is 12.9. The quantitative estimate of drug-likeness (QED) is 0.441. The van der Waals surface area contributed by atoms with Crippen LogP contribution in [0.1, 0.15) is 72.6 Å². The van der Waals surface area contributed by atoms with Gasteiger partial charge in [-0.2, -0.15) is 0 Å². The van der Waals surface area contributed by atoms with E-state index in [0.717, 1.165) is 12.8 Å². The van der Waals surface area contributed by atoms with Gasteiger partial charge in [0.25, 0.3) is 0 Å². The van der Waals surface area contributed by atoms with Gasteiger partial charge in [0.15, 0.2) is 5.78 Å². The monoisotopic (exact) mass is 326 g/mol. The summed E-state index contributed by atoms with van der Waals surface area (Å²) < 4.78 is 0. The predicted octanol–water partition coefficient (Wildman–Crippen LogP) is 6.27. The number of hydrogen-bond donors (Lipinski definition) is 0. The van der Waals surface area contributed by atoms with Crippen LogP contribution < -0.4 is 0 Å². The number of carbonyl (C=O) groups excluding carboxylic acids is 1. The fourth-order valence-corrected chi connectivity index (χ4v) is 6.25. The number of allylic oxidation sites excluding steroid dienone is 5. The molecule has 1 heteroatoms. The van der Waals surface area contributed by atoms with Gasteiger partial charge in [0.1, 0.15) is 0 Å². The van der Waals surface area contributed by atoms with Gasteiger partial charge in [-0.25, -0.2) is 0 Å². The van der Waals surface area contributed by atoms with Gasteiger partial charge in [0.2, 0.25) is 0 Å². The van der Waals surface area contributed by atoms with Gasteiger partial charge in [0, 0.05) is 5.41 Å². The van der Waals surface area contributed by atoms with Crippen LogP contribution in [0.3, 0.4) is 0 Å². The fraction of sp³-hybridized carbons (Fsp3) is 0.696. The van der Waals surface area contributed by atoms with Gasteiger partial charge in [-0.1, -0.05) is 51.0 Å². The average molecular weight is 327 g/mol. The molecule has 24 heavy (non-hydrogen) atoms. The Morgan fingerprint density at radius 2 is 2.00 bits per heavy atom. The Hall–Kier alpha value is -1.11. The molecule has 0 saturated heterocycles. The highest BCUT2D eigenvalue weighted by atomic mass is 16.1. The van der Waals surface area contributed by atoms with Gasteiger partial charge in [0.05, 0.1) is 0 Å². The second-order valence-electron chi connectivity index (χ2n) is 9.31. The topological polar surface area (TPSA) is 17.1 Å². The fourth-order valence-electron chi connectivity index (χ4n) is 6.25. The first-order chi connectivity index (χ1) is 11.3. The van der Waals surface area contributed by atoms with Crippen LogP contribution in [0.2, 0.25) is 0 Å². The highest BCUT2D eigenvalue weighted by Crippen LogP contribution is 2.64. The van der Waals surface area contributed by atoms with E-state index in [1.165, 1.54) is 32.1 Å². The predicted molar refractivity (Wildman–Crippen MR) is 102 cm³/mol. The smallest absolute Gasteiger partial charge is 0.161 e. The van der Waals surface area contributed by atoms with Crippen LogP contribution in [-0.2, 0) is 4.79 Å². The lowest BCUT2D eigenvalue weighted by Gasteiger charge is -2.58. The number of fused-ring (bicyclic) bond motifs is 3. The van der Waals surface area contributed by atoms with E-state index in [1.807, 2.05) is 19.1 Å². The third-order valence-electron chi connectivity index (χ3n) is 7.71. The van der Waals surface area contributed by atoms with Gasteiger partial charge in [-0.05, 0) is 74.2 Å². The van der Waals surface area contributed by atoms with Crippen molar-refractivity contribution in [3.63, 3.8) is 0 Å². The molecule has 0 heterocycles. The normalized spacial score (nSPS) is 45.2. The van der Waals surface area contributed by atoms with Crippen LogP contribution in [0.15, 0.2) is 36.5 Å². The minimum absolute atomic E-state index is 0.176. The number of carbonyl (C=O) groups is 1. The van der Waals surface area contributed by atoms with Crippen LogP contribution in [0.5, 0.6) is 0 Å². The van der Waals surface area contributed by atoms with Crippen molar-refractivity contribution in [1.29, 1.82) is 0 Å². The van der Waals surface area contributed by atoms with Crippen molar-refractivity contribution >= 4 is 5.78 Å². The van der Waals surface area contributed by atoms with E-state index in [2.05, 4.69) is 39.5 Å². The van der Waals surface area contributed by atoms with Gasteiger partial charge in [-0.3, -0.25) is 4.79 Å². The molecule has 0 bridgehead atoms. The first-order valence-corrected chi connectivity index (χ1v) is 9.80. The number of ketones is 1. The Labute approximate surface area is 148 Å². The molecule has 0 aromatic rings. The molecule has 0 amide bonds. The maximum absolute atomic E-state index is 12.9. The summed E-state index contributed by atoms with van der Waals surface area (Å²) in [6.45, 7) is 13.1. The molecule has 3 aliphatic carbocycles. The van der Waals surface area contributed by atoms with Crippen molar-refractivity contribution in [3.8, 4) is 0 Å². The molecule has 2 fully saturated rings. The molecule has 2 unspecified atom stereocenters. The van der Waals surface area contributed by atoms with Crippen LogP contribution in [0.25, 0.3) is 0 Å². The Morgan fingerprint density at radius 3 is 2.67 bits per heavy atom. The van der Waals surface area contributed by atoms with E-state index in [-0.39, 0.29) is 16.2 Å². The van der Waals surface area contributed by atoms with Crippen molar-refractivity contribution in [2.75, 3.05) is 0 Å². The van der Waals surface area contributed by atoms with E-state index < -0.39 is 0 Å². The molecule has 0 radical (unpaired) electrons. The molecule has 0 aliphatic heterocycles. The van der Waals surface area contributed by atoms with Crippen molar-refractivity contribution < 1.29 is 4.79 Å². The summed E-state index contributed by atoms with van der Waals surface area (Å²) in [5.74, 6) is 1.55. The van der Waals surface area contributed by atoms with Crippen molar-refractivity contribution in [1.82, 2.24) is 0 Å². The van der Waals surface area contributed by atoms with Crippen LogP contribution in [0.4, 0.5) is 0 Å². The molecule has 0 spiro atoms. The van der Waals surface area contributed by atoms with Crippen LogP contribution >= 0.6 is 0 Å². The lowest BCUT2D eigenvalue weighted by molar-refractivity contribution is -0.134. The van der Waals surface area contributed by atoms with E-state index in [1.54, 1.807) is 5.57 Å². The highest BCUT2D eigenvalue weighted by molar-refractivity contribution is 5.95. The first kappa shape index (κ1) is 17.7. The summed E-state index contributed by atoms with van der Waals surface area (Å²) >= 11 is 0. The minimum atomic E-state index is -0.176. The number of rotatable bonds is 3. The summed E-state index contributed by atoms with van der Waals surface area (Å²) in [6, 6.07) is 0. The van der Waals surface area contributed by atoms with E-state index in [0.29, 0.717) is 17.6 Å². The molecule has 0 N–H and O–H groups in total. The highest BCUT2D eigenvalue weighted by Gasteiger charge is 2.56. The molecule has 132 valence electrons. The average Bonchev–Trinajstić information content (AvgIpc) is 2.54. The summed E-state index contributed by atoms with van der Waals surface area (Å²) in [4.78, 5) is 12.9. The summed E-state index contributed by atoms with van der Waals surface area (Å²) in [5, 5.41) is 0. The third-order valence-corrected chi connectivity index (χ3v) is 7.71. The molecule has 2 saturated carbocycles. The molecular weight excluding hydrogens is 292 g/mol. The maximum Gasteiger partial charge on any atom is 0.161 e. The lowest BCUT2D eigenvalue weighted by Crippen LogP contribution is -2.52. The van der Waals surface area contributed by atoms with Gasteiger partial charge < -0.3 is 0 Å². The van der Waals surface area contributed by atoms with Crippen LogP contribution in [0, 0.1) is 28.1 Å². The third kappa shape index (κ3) is 2.55. The second-order valence-corrected chi connectivity index (χ2v) is 9.31. The lowest BCUT2D eigenvalue weighted by atomic mass is 9.45. The Kier molecular flexibility index (Phi) is 4.43. The molecule has 0 aromatic heterocycles. The first-order valence-electron chi connectivity index (χ1n) is 9.80. The summed E-state index contributed by atoms with van der Waals surface area (Å²) in [7, 11) is 0. The zero-order valence-electron chi connectivity index (χ0n) is 16.0. The summed E-state index contributed by atoms with van der Waals surface area (Å²) in [5.41, 5.74) is 1.98. The van der Waals surface area contributed by atoms with Crippen molar-refractivity contribution in [2.45, 2.75) is 72.6 Å². The molecule has 1 nitrogen and oxygen atoms in total. The number of hydrogen-bond acceptors (Lipinski definition) is 1. The second kappa shape index (κ2) is 6.00. The molecular formula is C23H34O. The van der Waals surface area contributed by atoms with Crippen molar-refractivity contribution in [2.24, 2.45) is 28.1 Å². The zero-order valence-corrected chi connectivity index (χ0v) is 16.0. The SMILES string of the molecule is C=C[C@@]1(C)CC=C2C(CCC3[C@](C)(C(=O)/C=C/C)CCC[C@@]23C)C1. The molecule has 3 rings (SSSR count). The molecule has 3 aliphatic rings. The standard InChI is InChI=1S/C23H34O/c1-6-9-20(24)23(5)14-8-13-22(4)18-12-15-21(3,7-2)16-17(18)10-11-19(22)23/h6-7,9,12,17,19H,2,8,10-11,13-16H2,1,3-5H3/b9-6+/t17?,19?,21-,22-,23+/m0/s1. The zero-order chi connectivity index (χ0) is 17.6. The molecule has 0 aromatic carbocycles. The van der Waals surface area contributed by atoms with Crippen LogP contribution in [-0.4, -0.2) is 5.78 Å². The van der Waals surface area contributed by atoms with Crippen molar-refractivity contribution in [3.05, 3.63) is 36.5 Å². The van der Waals surface area contributed by atoms with E-state index >= 15 is 0 Å². The Bertz CT molecular complexity index is 597. The minimum Gasteiger partial charge on any atom is -0.294 e. The van der Waals surface area contributed by atoms with E-state index in [9.17, 15) is 4.79 Å². The van der Waals surface area contributed by atoms with Gasteiger partial charge in [-0.15, -0.1) is 6.58 Å². The Balaban J connectivity index is 1.98. The largest absolute Gasteiger partial charge is 0.294 e. The Morgan fingerprint density at radius 1 is 1.25 bits per heavy atom. The molecule has 5 atom stereocenters. The summed E-state index contributed by atoms with van der Waals surface area (Å²) in [6.07, 6.45) is 16.7. The van der Waals surface area contributed by atoms with Gasteiger partial charge >= 0.3 is 0 Å².